The van der Waals surface area contributed by atoms with Gasteiger partial charge in [-0.25, -0.2) is 4.98 Å². The number of rotatable bonds is 3. The summed E-state index contributed by atoms with van der Waals surface area (Å²) in [4.78, 5) is 8.02. The van der Waals surface area contributed by atoms with E-state index in [9.17, 15) is 0 Å². The van der Waals surface area contributed by atoms with Gasteiger partial charge in [-0.05, 0) is 6.54 Å². The molecule has 0 amide bonds. The van der Waals surface area contributed by atoms with Gasteiger partial charge in [-0.3, -0.25) is 0 Å². The van der Waals surface area contributed by atoms with Crippen LogP contribution in [0.5, 0.6) is 0 Å². The molecule has 2 aromatic rings. The zero-order valence-electron chi connectivity index (χ0n) is 7.73. The predicted molar refractivity (Wildman–Crippen MR) is 47.3 cm³/mol. The molecule has 0 aliphatic heterocycles. The van der Waals surface area contributed by atoms with Crippen molar-refractivity contribution in [2.24, 2.45) is 5.73 Å². The van der Waals surface area contributed by atoms with Crippen LogP contribution in [0.4, 0.5) is 0 Å². The van der Waals surface area contributed by atoms with Crippen molar-refractivity contribution in [1.29, 1.82) is 0 Å². The molecule has 2 N–H and O–H groups in total. The molecule has 0 radical (unpaired) electrons. The molecule has 0 saturated carbocycles. The number of aryl methyl sites for hydroxylation is 1. The third-order valence-corrected chi connectivity index (χ3v) is 1.67. The summed E-state index contributed by atoms with van der Waals surface area (Å²) >= 11 is 0. The Hall–Kier alpha value is -1.69. The van der Waals surface area contributed by atoms with Gasteiger partial charge in [-0.1, -0.05) is 5.16 Å². The number of nitrogens with two attached hydrogens (primary N) is 1. The van der Waals surface area contributed by atoms with Crippen molar-refractivity contribution in [3.8, 4) is 11.7 Å². The van der Waals surface area contributed by atoms with Crippen LogP contribution in [0.15, 0.2) is 15.1 Å². The molecular formula is C8H10N4O2. The third kappa shape index (κ3) is 1.64. The minimum atomic E-state index is 0.342. The van der Waals surface area contributed by atoms with Crippen LogP contribution in [0.3, 0.4) is 0 Å². The van der Waals surface area contributed by atoms with Crippen LogP contribution in [0.2, 0.25) is 0 Å². The first-order valence-corrected chi connectivity index (χ1v) is 4.25. The summed E-state index contributed by atoms with van der Waals surface area (Å²) in [5.74, 6) is 1.97. The van der Waals surface area contributed by atoms with E-state index < -0.39 is 0 Å². The van der Waals surface area contributed by atoms with E-state index in [1.165, 1.54) is 0 Å². The molecule has 2 heterocycles. The predicted octanol–water partition coefficient (Wildman–Crippen LogP) is 0.534. The van der Waals surface area contributed by atoms with Gasteiger partial charge in [0, 0.05) is 13.3 Å². The Balaban J connectivity index is 2.24. The van der Waals surface area contributed by atoms with Crippen LogP contribution in [-0.2, 0) is 6.42 Å². The van der Waals surface area contributed by atoms with E-state index in [2.05, 4.69) is 15.1 Å². The van der Waals surface area contributed by atoms with E-state index in [-0.39, 0.29) is 0 Å². The zero-order chi connectivity index (χ0) is 9.97. The molecule has 6 heteroatoms. The van der Waals surface area contributed by atoms with Crippen molar-refractivity contribution in [2.75, 3.05) is 6.54 Å². The summed E-state index contributed by atoms with van der Waals surface area (Å²) in [6.45, 7) is 2.25. The minimum Gasteiger partial charge on any atom is -0.436 e. The van der Waals surface area contributed by atoms with E-state index in [0.717, 1.165) is 0 Å². The van der Waals surface area contributed by atoms with Gasteiger partial charge in [0.2, 0.25) is 5.76 Å². The van der Waals surface area contributed by atoms with Gasteiger partial charge in [0.05, 0.1) is 6.20 Å². The number of oxazole rings is 1. The lowest BCUT2D eigenvalue weighted by Gasteiger charge is -1.84. The molecule has 0 unspecified atom stereocenters. The smallest absolute Gasteiger partial charge is 0.295 e. The summed E-state index contributed by atoms with van der Waals surface area (Å²) < 4.78 is 10.2. The van der Waals surface area contributed by atoms with E-state index in [1.54, 1.807) is 13.1 Å². The Labute approximate surface area is 80.1 Å². The van der Waals surface area contributed by atoms with Crippen molar-refractivity contribution in [2.45, 2.75) is 13.3 Å². The summed E-state index contributed by atoms with van der Waals surface area (Å²) in [5, 5.41) is 3.74. The first-order valence-electron chi connectivity index (χ1n) is 4.25. The average Bonchev–Trinajstić information content (AvgIpc) is 2.74. The zero-order valence-corrected chi connectivity index (χ0v) is 7.73. The number of hydrogen-bond acceptors (Lipinski definition) is 6. The maximum Gasteiger partial charge on any atom is 0.295 e. The van der Waals surface area contributed by atoms with Crippen LogP contribution in [-0.4, -0.2) is 21.7 Å². The second-order valence-corrected chi connectivity index (χ2v) is 2.80. The van der Waals surface area contributed by atoms with Crippen LogP contribution in [0.1, 0.15) is 11.7 Å². The highest BCUT2D eigenvalue weighted by Gasteiger charge is 2.11. The first-order chi connectivity index (χ1) is 6.79. The SMILES string of the molecule is Cc1ncc(-c2nc(CCN)no2)o1. The fraction of sp³-hybridized carbons (Fsp3) is 0.375. The minimum absolute atomic E-state index is 0.342. The molecule has 2 rings (SSSR count). The van der Waals surface area contributed by atoms with Gasteiger partial charge < -0.3 is 14.7 Å². The number of aromatic nitrogens is 3. The van der Waals surface area contributed by atoms with E-state index >= 15 is 0 Å². The lowest BCUT2D eigenvalue weighted by atomic mass is 10.4. The number of hydrogen-bond donors (Lipinski definition) is 1. The molecule has 0 aromatic carbocycles. The second kappa shape index (κ2) is 3.59. The Bertz CT molecular complexity index is 420. The fourth-order valence-corrected chi connectivity index (χ4v) is 1.04. The molecule has 0 saturated heterocycles. The summed E-state index contributed by atoms with van der Waals surface area (Å²) in [5.41, 5.74) is 5.36. The third-order valence-electron chi connectivity index (χ3n) is 1.67. The molecule has 0 spiro atoms. The average molecular weight is 194 g/mol. The van der Waals surface area contributed by atoms with Gasteiger partial charge in [0.25, 0.3) is 5.89 Å². The molecule has 0 bridgehead atoms. The molecular weight excluding hydrogens is 184 g/mol. The molecule has 74 valence electrons. The Kier molecular flexibility index (Phi) is 2.28. The first kappa shape index (κ1) is 8.89. The van der Waals surface area contributed by atoms with Crippen LogP contribution in [0, 0.1) is 6.92 Å². The van der Waals surface area contributed by atoms with Gasteiger partial charge >= 0.3 is 0 Å². The molecule has 6 nitrogen and oxygen atoms in total. The molecule has 0 atom stereocenters. The van der Waals surface area contributed by atoms with Crippen molar-refractivity contribution >= 4 is 0 Å². The van der Waals surface area contributed by atoms with Gasteiger partial charge in [0.15, 0.2) is 11.7 Å². The normalized spacial score (nSPS) is 10.7. The number of nitrogens with zero attached hydrogens (tertiary/aromatic N) is 3. The molecule has 0 fully saturated rings. The summed E-state index contributed by atoms with van der Waals surface area (Å²) in [7, 11) is 0. The fourth-order valence-electron chi connectivity index (χ4n) is 1.04. The molecule has 0 aliphatic carbocycles. The highest BCUT2D eigenvalue weighted by atomic mass is 16.5. The van der Waals surface area contributed by atoms with Crippen LogP contribution >= 0.6 is 0 Å². The highest BCUT2D eigenvalue weighted by molar-refractivity contribution is 5.41. The molecule has 0 aliphatic rings. The second-order valence-electron chi connectivity index (χ2n) is 2.80. The van der Waals surface area contributed by atoms with Crippen molar-refractivity contribution in [3.05, 3.63) is 17.9 Å². The van der Waals surface area contributed by atoms with Gasteiger partial charge in [-0.15, -0.1) is 0 Å². The van der Waals surface area contributed by atoms with E-state index in [4.69, 9.17) is 14.7 Å². The Morgan fingerprint density at radius 1 is 1.50 bits per heavy atom. The van der Waals surface area contributed by atoms with Crippen molar-refractivity contribution in [3.63, 3.8) is 0 Å². The lowest BCUT2D eigenvalue weighted by molar-refractivity contribution is 0.406. The maximum atomic E-state index is 5.36. The van der Waals surface area contributed by atoms with E-state index in [0.29, 0.717) is 36.3 Å². The van der Waals surface area contributed by atoms with Crippen LogP contribution in [0.25, 0.3) is 11.7 Å². The largest absolute Gasteiger partial charge is 0.436 e. The quantitative estimate of drug-likeness (QED) is 0.766. The van der Waals surface area contributed by atoms with Crippen molar-refractivity contribution in [1.82, 2.24) is 15.1 Å². The summed E-state index contributed by atoms with van der Waals surface area (Å²) in [6, 6.07) is 0. The van der Waals surface area contributed by atoms with Gasteiger partial charge in [0.1, 0.15) is 0 Å². The van der Waals surface area contributed by atoms with Gasteiger partial charge in [-0.2, -0.15) is 4.98 Å². The maximum absolute atomic E-state index is 5.36. The summed E-state index contributed by atoms with van der Waals surface area (Å²) in [6.07, 6.45) is 2.14. The molecule has 2 aromatic heterocycles. The Morgan fingerprint density at radius 3 is 3.00 bits per heavy atom. The lowest BCUT2D eigenvalue weighted by Crippen LogP contribution is -2.03. The van der Waals surface area contributed by atoms with E-state index in [1.807, 2.05) is 0 Å². The standard InChI is InChI=1S/C8H10N4O2/c1-5-10-4-6(13-5)8-11-7(2-3-9)12-14-8/h4H,2-3,9H2,1H3. The monoisotopic (exact) mass is 194 g/mol. The Morgan fingerprint density at radius 2 is 2.36 bits per heavy atom. The topological polar surface area (TPSA) is 91.0 Å². The van der Waals surface area contributed by atoms with Crippen molar-refractivity contribution < 1.29 is 8.94 Å². The molecule has 14 heavy (non-hydrogen) atoms. The van der Waals surface area contributed by atoms with Crippen LogP contribution < -0.4 is 5.73 Å². The highest BCUT2D eigenvalue weighted by Crippen LogP contribution is 2.17.